The van der Waals surface area contributed by atoms with E-state index in [9.17, 15) is 0 Å². The molecule has 1 aliphatic carbocycles. The van der Waals surface area contributed by atoms with Crippen molar-refractivity contribution >= 4 is 0 Å². The zero-order valence-electron chi connectivity index (χ0n) is 16.8. The van der Waals surface area contributed by atoms with E-state index in [1.807, 2.05) is 12.1 Å². The summed E-state index contributed by atoms with van der Waals surface area (Å²) >= 11 is 0. The summed E-state index contributed by atoms with van der Waals surface area (Å²) in [6.07, 6.45) is 7.97. The van der Waals surface area contributed by atoms with Gasteiger partial charge in [-0.15, -0.1) is 0 Å². The summed E-state index contributed by atoms with van der Waals surface area (Å²) in [6.45, 7) is 4.59. The Morgan fingerprint density at radius 3 is 2.48 bits per heavy atom. The molecular formula is C24H33NO2. The zero-order chi connectivity index (χ0) is 18.9. The van der Waals surface area contributed by atoms with Crippen LogP contribution in [0.1, 0.15) is 68.1 Å². The van der Waals surface area contributed by atoms with Crippen LogP contribution in [0.15, 0.2) is 42.5 Å². The Bertz CT molecular complexity index is 690. The van der Waals surface area contributed by atoms with E-state index < -0.39 is 0 Å². The standard InChI is InChI=1S/C24H33NO2/c1-3-15-25-17-22-13-14-23(16-24(22)26-2)27-18-19-9-11-21(12-10-19)20-7-5-4-6-8-20/h9-14,16,20,25H,3-8,15,17-18H2,1-2H3. The van der Waals surface area contributed by atoms with E-state index in [-0.39, 0.29) is 0 Å². The summed E-state index contributed by atoms with van der Waals surface area (Å²) in [6, 6.07) is 15.1. The van der Waals surface area contributed by atoms with Crippen molar-refractivity contribution in [3.8, 4) is 11.5 Å². The average molecular weight is 368 g/mol. The Hall–Kier alpha value is -2.00. The molecule has 0 radical (unpaired) electrons. The molecule has 0 unspecified atom stereocenters. The summed E-state index contributed by atoms with van der Waals surface area (Å²) in [4.78, 5) is 0. The highest BCUT2D eigenvalue weighted by atomic mass is 16.5. The minimum Gasteiger partial charge on any atom is -0.496 e. The highest BCUT2D eigenvalue weighted by molar-refractivity contribution is 5.41. The second-order valence-corrected chi connectivity index (χ2v) is 7.52. The van der Waals surface area contributed by atoms with Crippen LogP contribution >= 0.6 is 0 Å². The molecule has 1 saturated carbocycles. The highest BCUT2D eigenvalue weighted by Crippen LogP contribution is 2.32. The van der Waals surface area contributed by atoms with Crippen LogP contribution in [-0.2, 0) is 13.2 Å². The Morgan fingerprint density at radius 1 is 1.00 bits per heavy atom. The number of ether oxygens (including phenoxy) is 2. The first-order chi connectivity index (χ1) is 13.3. The molecule has 0 atom stereocenters. The van der Waals surface area contributed by atoms with Gasteiger partial charge in [-0.05, 0) is 48.9 Å². The second-order valence-electron chi connectivity index (χ2n) is 7.52. The summed E-state index contributed by atoms with van der Waals surface area (Å²) in [5.41, 5.74) is 3.86. The molecule has 3 nitrogen and oxygen atoms in total. The molecule has 1 fully saturated rings. The van der Waals surface area contributed by atoms with Crippen LogP contribution < -0.4 is 14.8 Å². The zero-order valence-corrected chi connectivity index (χ0v) is 16.8. The van der Waals surface area contributed by atoms with Crippen LogP contribution in [0.25, 0.3) is 0 Å². The van der Waals surface area contributed by atoms with E-state index in [1.54, 1.807) is 7.11 Å². The summed E-state index contributed by atoms with van der Waals surface area (Å²) < 4.78 is 11.5. The van der Waals surface area contributed by atoms with Gasteiger partial charge in [-0.1, -0.05) is 56.5 Å². The minimum absolute atomic E-state index is 0.585. The molecule has 2 aromatic rings. The Kier molecular flexibility index (Phi) is 7.58. The van der Waals surface area contributed by atoms with Crippen molar-refractivity contribution in [1.82, 2.24) is 5.32 Å². The van der Waals surface area contributed by atoms with E-state index in [1.165, 1.54) is 43.2 Å². The number of methoxy groups -OCH3 is 1. The molecule has 3 heteroatoms. The van der Waals surface area contributed by atoms with Gasteiger partial charge in [0, 0.05) is 18.2 Å². The monoisotopic (exact) mass is 367 g/mol. The summed E-state index contributed by atoms with van der Waals surface area (Å²) in [5, 5.41) is 3.41. The fraction of sp³-hybridized carbons (Fsp3) is 0.500. The number of benzene rings is 2. The van der Waals surface area contributed by atoms with Crippen molar-refractivity contribution in [2.45, 2.75) is 64.5 Å². The van der Waals surface area contributed by atoms with Crippen molar-refractivity contribution in [3.05, 3.63) is 59.2 Å². The van der Waals surface area contributed by atoms with E-state index >= 15 is 0 Å². The van der Waals surface area contributed by atoms with Gasteiger partial charge in [0.05, 0.1) is 7.11 Å². The van der Waals surface area contributed by atoms with Crippen molar-refractivity contribution in [2.75, 3.05) is 13.7 Å². The number of hydrogen-bond acceptors (Lipinski definition) is 3. The Balaban J connectivity index is 1.56. The van der Waals surface area contributed by atoms with Gasteiger partial charge in [0.25, 0.3) is 0 Å². The third kappa shape index (κ3) is 5.74. The molecule has 3 rings (SSSR count). The third-order valence-corrected chi connectivity index (χ3v) is 5.46. The van der Waals surface area contributed by atoms with Crippen molar-refractivity contribution in [3.63, 3.8) is 0 Å². The first-order valence-corrected chi connectivity index (χ1v) is 10.4. The van der Waals surface area contributed by atoms with Crippen molar-refractivity contribution < 1.29 is 9.47 Å². The topological polar surface area (TPSA) is 30.5 Å². The van der Waals surface area contributed by atoms with Crippen LogP contribution in [0.5, 0.6) is 11.5 Å². The lowest BCUT2D eigenvalue weighted by Gasteiger charge is -2.22. The van der Waals surface area contributed by atoms with Gasteiger partial charge in [0.1, 0.15) is 18.1 Å². The Labute approximate surface area is 164 Å². The van der Waals surface area contributed by atoms with Gasteiger partial charge in [-0.2, -0.15) is 0 Å². The molecule has 0 spiro atoms. The van der Waals surface area contributed by atoms with E-state index in [4.69, 9.17) is 9.47 Å². The second kappa shape index (κ2) is 10.4. The van der Waals surface area contributed by atoms with Crippen molar-refractivity contribution in [1.29, 1.82) is 0 Å². The normalized spacial score (nSPS) is 14.9. The van der Waals surface area contributed by atoms with Gasteiger partial charge in [-0.25, -0.2) is 0 Å². The van der Waals surface area contributed by atoms with Crippen LogP contribution in [0.3, 0.4) is 0 Å². The highest BCUT2D eigenvalue weighted by Gasteiger charge is 2.15. The lowest BCUT2D eigenvalue weighted by atomic mass is 9.84. The van der Waals surface area contributed by atoms with Gasteiger partial charge < -0.3 is 14.8 Å². The van der Waals surface area contributed by atoms with Crippen molar-refractivity contribution in [2.24, 2.45) is 0 Å². The number of nitrogens with one attached hydrogen (secondary N) is 1. The quantitative estimate of drug-likeness (QED) is 0.566. The molecule has 0 heterocycles. The first kappa shape index (κ1) is 19.8. The molecule has 0 bridgehead atoms. The first-order valence-electron chi connectivity index (χ1n) is 10.4. The molecule has 0 saturated heterocycles. The average Bonchev–Trinajstić information content (AvgIpc) is 2.74. The maximum atomic E-state index is 6.00. The van der Waals surface area contributed by atoms with E-state index in [0.29, 0.717) is 6.61 Å². The van der Waals surface area contributed by atoms with Crippen LogP contribution in [0.2, 0.25) is 0 Å². The molecule has 1 N–H and O–H groups in total. The number of hydrogen-bond donors (Lipinski definition) is 1. The molecule has 146 valence electrons. The SMILES string of the molecule is CCCNCc1ccc(OCc2ccc(C3CCCCC3)cc2)cc1OC. The fourth-order valence-corrected chi connectivity index (χ4v) is 3.85. The Morgan fingerprint density at radius 2 is 1.78 bits per heavy atom. The largest absolute Gasteiger partial charge is 0.496 e. The van der Waals surface area contributed by atoms with Crippen LogP contribution in [0, 0.1) is 0 Å². The molecule has 0 aromatic heterocycles. The molecule has 27 heavy (non-hydrogen) atoms. The molecular weight excluding hydrogens is 334 g/mol. The predicted molar refractivity (Wildman–Crippen MR) is 112 cm³/mol. The minimum atomic E-state index is 0.585. The third-order valence-electron chi connectivity index (χ3n) is 5.46. The van der Waals surface area contributed by atoms with E-state index in [0.717, 1.165) is 42.5 Å². The van der Waals surface area contributed by atoms with Crippen LogP contribution in [-0.4, -0.2) is 13.7 Å². The molecule has 0 amide bonds. The van der Waals surface area contributed by atoms with Gasteiger partial charge in [0.15, 0.2) is 0 Å². The molecule has 1 aliphatic rings. The molecule has 0 aliphatic heterocycles. The lowest BCUT2D eigenvalue weighted by molar-refractivity contribution is 0.303. The fourth-order valence-electron chi connectivity index (χ4n) is 3.85. The van der Waals surface area contributed by atoms with Gasteiger partial charge in [-0.3, -0.25) is 0 Å². The van der Waals surface area contributed by atoms with E-state index in [2.05, 4.69) is 42.6 Å². The summed E-state index contributed by atoms with van der Waals surface area (Å²) in [5.74, 6) is 2.48. The maximum absolute atomic E-state index is 6.00. The van der Waals surface area contributed by atoms with Gasteiger partial charge in [0.2, 0.25) is 0 Å². The molecule has 2 aromatic carbocycles. The summed E-state index contributed by atoms with van der Waals surface area (Å²) in [7, 11) is 1.71. The van der Waals surface area contributed by atoms with Crippen LogP contribution in [0.4, 0.5) is 0 Å². The predicted octanol–water partition coefficient (Wildman–Crippen LogP) is 5.82. The smallest absolute Gasteiger partial charge is 0.127 e. The lowest BCUT2D eigenvalue weighted by Crippen LogP contribution is -2.14. The number of rotatable bonds is 9. The van der Waals surface area contributed by atoms with Gasteiger partial charge >= 0.3 is 0 Å². The maximum Gasteiger partial charge on any atom is 0.127 e.